The molecule has 0 aromatic carbocycles. The van der Waals surface area contributed by atoms with Crippen LogP contribution in [0.1, 0.15) is 13.8 Å². The van der Waals surface area contributed by atoms with Crippen molar-refractivity contribution < 1.29 is 14.9 Å². The van der Waals surface area contributed by atoms with Crippen molar-refractivity contribution in [2.75, 3.05) is 13.2 Å². The Kier molecular flexibility index (Phi) is 24.2. The number of hydrogen-bond acceptors (Lipinski definition) is 5. The van der Waals surface area contributed by atoms with Gasteiger partial charge in [0, 0.05) is 12.2 Å². The summed E-state index contributed by atoms with van der Waals surface area (Å²) < 4.78 is 4.95. The molecular weight excluding hydrogens is 220 g/mol. The molecule has 0 fully saturated rings. The SMILES string of the molecule is C=CC#N.C=CC#N.CC(O)COC(C)CO. The lowest BCUT2D eigenvalue weighted by Crippen LogP contribution is -2.19. The Labute approximate surface area is 103 Å². The van der Waals surface area contributed by atoms with E-state index < -0.39 is 6.10 Å². The molecule has 0 spiro atoms. The highest BCUT2D eigenvalue weighted by Crippen LogP contribution is 1.90. The van der Waals surface area contributed by atoms with Gasteiger partial charge in [-0.15, -0.1) is 0 Å². The van der Waals surface area contributed by atoms with Crippen LogP contribution in [-0.4, -0.2) is 35.6 Å². The fourth-order valence-electron chi connectivity index (χ4n) is 0.356. The highest BCUT2D eigenvalue weighted by Gasteiger charge is 2.00. The Morgan fingerprint density at radius 3 is 1.76 bits per heavy atom. The molecule has 0 radical (unpaired) electrons. The zero-order valence-electron chi connectivity index (χ0n) is 10.3. The molecule has 17 heavy (non-hydrogen) atoms. The minimum atomic E-state index is -0.445. The first-order valence-corrected chi connectivity index (χ1v) is 4.91. The molecular formula is C12H20N2O3. The van der Waals surface area contributed by atoms with Crippen LogP contribution in [0.2, 0.25) is 0 Å². The first-order valence-electron chi connectivity index (χ1n) is 4.91. The lowest BCUT2D eigenvalue weighted by Gasteiger charge is -2.10. The van der Waals surface area contributed by atoms with Gasteiger partial charge in [0.15, 0.2) is 0 Å². The second-order valence-corrected chi connectivity index (χ2v) is 2.84. The average Bonchev–Trinajstić information content (AvgIpc) is 2.36. The molecule has 0 rings (SSSR count). The maximum Gasteiger partial charge on any atom is 0.0905 e. The second-order valence-electron chi connectivity index (χ2n) is 2.84. The fraction of sp³-hybridized carbons (Fsp3) is 0.500. The number of hydrogen-bond donors (Lipinski definition) is 2. The van der Waals surface area contributed by atoms with E-state index in [0.717, 1.165) is 0 Å². The quantitative estimate of drug-likeness (QED) is 0.718. The first-order chi connectivity index (χ1) is 7.99. The van der Waals surface area contributed by atoms with Crippen LogP contribution in [0.4, 0.5) is 0 Å². The fourth-order valence-corrected chi connectivity index (χ4v) is 0.356. The number of nitrogens with zero attached hydrogens (tertiary/aromatic N) is 2. The van der Waals surface area contributed by atoms with Gasteiger partial charge < -0.3 is 14.9 Å². The standard InChI is InChI=1S/C6H14O3.2C3H3N/c1-5(8)4-9-6(2)3-7;2*1-2-3-4/h5-8H,3-4H2,1-2H3;2*2H,1H2. The molecule has 0 saturated heterocycles. The van der Waals surface area contributed by atoms with E-state index in [1.807, 2.05) is 0 Å². The topological polar surface area (TPSA) is 97.3 Å². The zero-order valence-corrected chi connectivity index (χ0v) is 10.3. The zero-order chi connectivity index (χ0) is 14.1. The maximum atomic E-state index is 8.69. The van der Waals surface area contributed by atoms with Crippen molar-refractivity contribution >= 4 is 0 Å². The molecule has 0 heterocycles. The molecule has 2 atom stereocenters. The summed E-state index contributed by atoms with van der Waals surface area (Å²) in [5.41, 5.74) is 0. The highest BCUT2D eigenvalue weighted by atomic mass is 16.5. The smallest absolute Gasteiger partial charge is 0.0905 e. The average molecular weight is 240 g/mol. The Hall–Kier alpha value is -1.66. The molecule has 0 saturated carbocycles. The van der Waals surface area contributed by atoms with E-state index in [0.29, 0.717) is 6.61 Å². The van der Waals surface area contributed by atoms with Crippen molar-refractivity contribution in [1.29, 1.82) is 10.5 Å². The van der Waals surface area contributed by atoms with Gasteiger partial charge in [-0.05, 0) is 13.8 Å². The van der Waals surface area contributed by atoms with Crippen LogP contribution >= 0.6 is 0 Å². The maximum absolute atomic E-state index is 8.69. The Balaban J connectivity index is -0.000000205. The summed E-state index contributed by atoms with van der Waals surface area (Å²) in [6.45, 7) is 9.93. The van der Waals surface area contributed by atoms with Crippen LogP contribution in [0, 0.1) is 22.7 Å². The normalized spacial score (nSPS) is 10.9. The lowest BCUT2D eigenvalue weighted by molar-refractivity contribution is -0.0177. The third-order valence-electron chi connectivity index (χ3n) is 1.06. The number of aliphatic hydroxyl groups is 2. The third kappa shape index (κ3) is 40.5. The molecule has 5 nitrogen and oxygen atoms in total. The van der Waals surface area contributed by atoms with Gasteiger partial charge in [-0.1, -0.05) is 13.2 Å². The van der Waals surface area contributed by atoms with Crippen molar-refractivity contribution in [2.45, 2.75) is 26.1 Å². The number of rotatable bonds is 4. The number of nitriles is 2. The minimum Gasteiger partial charge on any atom is -0.394 e. The Morgan fingerprint density at radius 1 is 1.24 bits per heavy atom. The summed E-state index contributed by atoms with van der Waals surface area (Å²) in [5, 5.41) is 32.1. The number of ether oxygens (including phenoxy) is 1. The van der Waals surface area contributed by atoms with E-state index >= 15 is 0 Å². The predicted molar refractivity (Wildman–Crippen MR) is 65.8 cm³/mol. The van der Waals surface area contributed by atoms with E-state index in [2.05, 4.69) is 13.2 Å². The summed E-state index contributed by atoms with van der Waals surface area (Å²) in [7, 11) is 0. The monoisotopic (exact) mass is 240 g/mol. The Bertz CT molecular complexity index is 233. The van der Waals surface area contributed by atoms with Gasteiger partial charge in [-0.3, -0.25) is 0 Å². The predicted octanol–water partition coefficient (Wildman–Crippen LogP) is 1.16. The van der Waals surface area contributed by atoms with Crippen LogP contribution in [-0.2, 0) is 4.74 Å². The molecule has 0 bridgehead atoms. The van der Waals surface area contributed by atoms with E-state index in [4.69, 9.17) is 25.5 Å². The molecule has 0 amide bonds. The number of aliphatic hydroxyl groups excluding tert-OH is 2. The summed E-state index contributed by atoms with van der Waals surface area (Å²) in [4.78, 5) is 0. The lowest BCUT2D eigenvalue weighted by atomic mass is 10.4. The van der Waals surface area contributed by atoms with Crippen LogP contribution < -0.4 is 0 Å². The molecule has 0 aliphatic carbocycles. The van der Waals surface area contributed by atoms with E-state index in [-0.39, 0.29) is 12.7 Å². The second kappa shape index (κ2) is 19.8. The van der Waals surface area contributed by atoms with Gasteiger partial charge in [0.05, 0.1) is 37.6 Å². The van der Waals surface area contributed by atoms with Crippen molar-refractivity contribution in [3.8, 4) is 12.1 Å². The Morgan fingerprint density at radius 2 is 1.59 bits per heavy atom. The van der Waals surface area contributed by atoms with Gasteiger partial charge in [0.2, 0.25) is 0 Å². The van der Waals surface area contributed by atoms with Crippen molar-refractivity contribution in [2.24, 2.45) is 0 Å². The molecule has 0 aromatic rings. The van der Waals surface area contributed by atoms with Crippen LogP contribution in [0.3, 0.4) is 0 Å². The molecule has 2 unspecified atom stereocenters. The van der Waals surface area contributed by atoms with E-state index in [9.17, 15) is 0 Å². The molecule has 2 N–H and O–H groups in total. The summed E-state index contributed by atoms with van der Waals surface area (Å²) in [6, 6.07) is 3.39. The third-order valence-corrected chi connectivity index (χ3v) is 1.06. The summed E-state index contributed by atoms with van der Waals surface area (Å²) in [5.74, 6) is 0. The van der Waals surface area contributed by atoms with Crippen LogP contribution in [0.15, 0.2) is 25.3 Å². The van der Waals surface area contributed by atoms with E-state index in [1.54, 1.807) is 26.0 Å². The molecule has 96 valence electrons. The highest BCUT2D eigenvalue weighted by molar-refractivity contribution is 4.93. The van der Waals surface area contributed by atoms with Gasteiger partial charge >= 0.3 is 0 Å². The molecule has 0 aromatic heterocycles. The van der Waals surface area contributed by atoms with Gasteiger partial charge in [0.25, 0.3) is 0 Å². The minimum absolute atomic E-state index is 0.00667. The number of allylic oxidation sites excluding steroid dienone is 2. The molecule has 5 heteroatoms. The van der Waals surface area contributed by atoms with Crippen molar-refractivity contribution in [1.82, 2.24) is 0 Å². The molecule has 0 aliphatic rings. The van der Waals surface area contributed by atoms with Gasteiger partial charge in [-0.25, -0.2) is 0 Å². The van der Waals surface area contributed by atoms with Gasteiger partial charge in [-0.2, -0.15) is 10.5 Å². The first kappa shape index (κ1) is 20.7. The van der Waals surface area contributed by atoms with Crippen molar-refractivity contribution in [3.63, 3.8) is 0 Å². The van der Waals surface area contributed by atoms with E-state index in [1.165, 1.54) is 12.2 Å². The van der Waals surface area contributed by atoms with Crippen LogP contribution in [0.25, 0.3) is 0 Å². The van der Waals surface area contributed by atoms with Crippen molar-refractivity contribution in [3.05, 3.63) is 25.3 Å². The largest absolute Gasteiger partial charge is 0.394 e. The summed E-state index contributed by atoms with van der Waals surface area (Å²) >= 11 is 0. The molecule has 0 aliphatic heterocycles. The van der Waals surface area contributed by atoms with Gasteiger partial charge in [0.1, 0.15) is 0 Å². The summed E-state index contributed by atoms with van der Waals surface area (Å²) in [6.07, 6.45) is 1.75. The van der Waals surface area contributed by atoms with Crippen LogP contribution in [0.5, 0.6) is 0 Å².